The number of thiophene rings is 1. The van der Waals surface area contributed by atoms with Crippen LogP contribution in [0.25, 0.3) is 0 Å². The molecule has 1 aliphatic heterocycles. The van der Waals surface area contributed by atoms with Crippen LogP contribution < -0.4 is 20.3 Å². The van der Waals surface area contributed by atoms with Crippen LogP contribution in [0.2, 0.25) is 5.02 Å². The molecule has 0 bridgehead atoms. The van der Waals surface area contributed by atoms with E-state index >= 15 is 0 Å². The Bertz CT molecular complexity index is 1370. The highest BCUT2D eigenvalue weighted by atomic mass is 35.5. The largest absolute Gasteiger partial charge is 0.491 e. The van der Waals surface area contributed by atoms with Gasteiger partial charge in [-0.05, 0) is 41.9 Å². The maximum Gasteiger partial charge on any atom is 0.264 e. The second kappa shape index (κ2) is 11.5. The molecule has 2 heterocycles. The lowest BCUT2D eigenvalue weighted by Crippen LogP contribution is -2.48. The van der Waals surface area contributed by atoms with Crippen LogP contribution in [0.5, 0.6) is 5.75 Å². The van der Waals surface area contributed by atoms with Crippen LogP contribution in [0.15, 0.2) is 35.7 Å². The van der Waals surface area contributed by atoms with E-state index in [1.165, 1.54) is 17.4 Å². The van der Waals surface area contributed by atoms with Crippen molar-refractivity contribution in [3.63, 3.8) is 0 Å². The van der Waals surface area contributed by atoms with E-state index in [1.807, 2.05) is 21.7 Å². The number of nitrogens with zero attached hydrogens (tertiary/aromatic N) is 2. The third-order valence-corrected chi connectivity index (χ3v) is 7.09. The van der Waals surface area contributed by atoms with Gasteiger partial charge in [-0.3, -0.25) is 14.9 Å². The molecule has 0 spiro atoms. The fraction of sp³-hybridized carbons (Fsp3) is 0.208. The molecule has 200 valence electrons. The molecule has 1 aromatic heterocycles. The number of anilines is 2. The predicted octanol–water partition coefficient (Wildman–Crippen LogP) is 5.06. The zero-order valence-corrected chi connectivity index (χ0v) is 22.0. The van der Waals surface area contributed by atoms with Crippen LogP contribution in [0.4, 0.5) is 28.9 Å². The number of ether oxygens (including phenoxy) is 1. The van der Waals surface area contributed by atoms with Gasteiger partial charge in [-0.15, -0.1) is 11.3 Å². The van der Waals surface area contributed by atoms with Crippen LogP contribution in [-0.2, 0) is 0 Å². The number of thiocarbonyl (C=S) groups is 1. The molecule has 1 fully saturated rings. The Labute approximate surface area is 228 Å². The Balaban J connectivity index is 1.38. The number of benzene rings is 2. The van der Waals surface area contributed by atoms with Crippen molar-refractivity contribution in [3.05, 3.63) is 74.4 Å². The van der Waals surface area contributed by atoms with Crippen molar-refractivity contribution < 1.29 is 31.9 Å². The summed E-state index contributed by atoms with van der Waals surface area (Å²) in [5, 5.41) is 6.41. The maximum absolute atomic E-state index is 14.2. The fourth-order valence-electron chi connectivity index (χ4n) is 3.87. The SMILES string of the molecule is COc1c(F)c(F)c(C(=O)NC(=S)Nc2ccc(N3CCN(C(=O)c4cccs4)CC3)c(Cl)c2)c(F)c1F. The van der Waals surface area contributed by atoms with Gasteiger partial charge < -0.3 is 19.9 Å². The minimum Gasteiger partial charge on any atom is -0.491 e. The van der Waals surface area contributed by atoms with E-state index in [2.05, 4.69) is 10.1 Å². The summed E-state index contributed by atoms with van der Waals surface area (Å²) in [6.07, 6.45) is 0. The van der Waals surface area contributed by atoms with Gasteiger partial charge in [0.2, 0.25) is 11.6 Å². The van der Waals surface area contributed by atoms with Crippen LogP contribution >= 0.6 is 35.2 Å². The number of nitrogens with one attached hydrogen (secondary N) is 2. The van der Waals surface area contributed by atoms with E-state index in [1.54, 1.807) is 23.1 Å². The fourth-order valence-corrected chi connectivity index (χ4v) is 5.07. The maximum atomic E-state index is 14.2. The van der Waals surface area contributed by atoms with Crippen LogP contribution in [-0.4, -0.2) is 55.1 Å². The van der Waals surface area contributed by atoms with Gasteiger partial charge in [-0.25, -0.2) is 8.78 Å². The zero-order valence-electron chi connectivity index (χ0n) is 19.6. The molecule has 4 rings (SSSR count). The van der Waals surface area contributed by atoms with E-state index in [4.69, 9.17) is 23.8 Å². The molecule has 38 heavy (non-hydrogen) atoms. The van der Waals surface area contributed by atoms with E-state index in [0.717, 1.165) is 7.11 Å². The molecule has 0 saturated carbocycles. The first kappa shape index (κ1) is 27.6. The van der Waals surface area contributed by atoms with Crippen molar-refractivity contribution in [1.82, 2.24) is 10.2 Å². The summed E-state index contributed by atoms with van der Waals surface area (Å²) >= 11 is 12.8. The monoisotopic (exact) mass is 586 g/mol. The Kier molecular flexibility index (Phi) is 8.38. The molecule has 1 saturated heterocycles. The summed E-state index contributed by atoms with van der Waals surface area (Å²) < 4.78 is 60.6. The molecule has 3 aromatic rings. The summed E-state index contributed by atoms with van der Waals surface area (Å²) in [6, 6.07) is 8.45. The van der Waals surface area contributed by atoms with Crippen LogP contribution in [0.3, 0.4) is 0 Å². The molecule has 0 aliphatic carbocycles. The molecule has 0 radical (unpaired) electrons. The average molecular weight is 587 g/mol. The molecule has 14 heteroatoms. The van der Waals surface area contributed by atoms with Gasteiger partial charge in [0.1, 0.15) is 5.56 Å². The first-order valence-electron chi connectivity index (χ1n) is 11.0. The Morgan fingerprint density at radius 1 is 1.03 bits per heavy atom. The van der Waals surface area contributed by atoms with Crippen molar-refractivity contribution >= 4 is 63.5 Å². The van der Waals surface area contributed by atoms with E-state index in [9.17, 15) is 27.2 Å². The second-order valence-corrected chi connectivity index (χ2v) is 9.76. The Morgan fingerprint density at radius 2 is 1.68 bits per heavy atom. The summed E-state index contributed by atoms with van der Waals surface area (Å²) in [5.74, 6) is -10.4. The smallest absolute Gasteiger partial charge is 0.264 e. The van der Waals surface area contributed by atoms with Gasteiger partial charge >= 0.3 is 0 Å². The van der Waals surface area contributed by atoms with Crippen molar-refractivity contribution in [2.45, 2.75) is 0 Å². The highest BCUT2D eigenvalue weighted by molar-refractivity contribution is 7.80. The molecule has 7 nitrogen and oxygen atoms in total. The van der Waals surface area contributed by atoms with Crippen molar-refractivity contribution in [3.8, 4) is 5.75 Å². The lowest BCUT2D eigenvalue weighted by molar-refractivity contribution is 0.0751. The number of methoxy groups -OCH3 is 1. The standard InChI is InChI=1S/C24H19ClF4N4O3S2/c1-36-21-19(28)17(26)16(18(27)20(21)29)22(34)31-24(37)30-12-4-5-14(13(25)11-12)32-6-8-33(9-7-32)23(35)15-3-2-10-38-15/h2-5,10-11H,6-9H2,1H3,(H2,30,31,34,37). The van der Waals surface area contributed by atoms with Crippen LogP contribution in [0, 0.1) is 23.3 Å². The molecule has 1 aliphatic rings. The van der Waals surface area contributed by atoms with Gasteiger partial charge in [0, 0.05) is 31.9 Å². The van der Waals surface area contributed by atoms with Crippen molar-refractivity contribution in [2.75, 3.05) is 43.5 Å². The second-order valence-electron chi connectivity index (χ2n) is 8.00. The first-order valence-corrected chi connectivity index (χ1v) is 12.7. The van der Waals surface area contributed by atoms with Gasteiger partial charge in [0.05, 0.1) is 22.7 Å². The molecule has 2 amide bonds. The summed E-state index contributed by atoms with van der Waals surface area (Å²) in [7, 11) is 0.822. The predicted molar refractivity (Wildman–Crippen MR) is 140 cm³/mol. The van der Waals surface area contributed by atoms with Gasteiger partial charge in [0.25, 0.3) is 11.8 Å². The van der Waals surface area contributed by atoms with Gasteiger partial charge in [-0.2, -0.15) is 8.78 Å². The van der Waals surface area contributed by atoms with Crippen molar-refractivity contribution in [2.24, 2.45) is 0 Å². The van der Waals surface area contributed by atoms with E-state index in [0.29, 0.717) is 47.5 Å². The average Bonchev–Trinajstić information content (AvgIpc) is 3.43. The minimum absolute atomic E-state index is 0.0132. The third kappa shape index (κ3) is 5.54. The number of hydrogen-bond donors (Lipinski definition) is 2. The highest BCUT2D eigenvalue weighted by Crippen LogP contribution is 2.31. The number of hydrogen-bond acceptors (Lipinski definition) is 6. The molecule has 0 unspecified atom stereocenters. The quantitative estimate of drug-likeness (QED) is 0.248. The number of carbonyl (C=O) groups excluding carboxylic acids is 2. The topological polar surface area (TPSA) is 73.9 Å². The Morgan fingerprint density at radius 3 is 2.24 bits per heavy atom. The summed E-state index contributed by atoms with van der Waals surface area (Å²) in [5.41, 5.74) is -0.442. The number of amides is 2. The number of piperazine rings is 1. The van der Waals surface area contributed by atoms with Crippen molar-refractivity contribution in [1.29, 1.82) is 0 Å². The molecular weight excluding hydrogens is 568 g/mol. The first-order chi connectivity index (χ1) is 18.1. The van der Waals surface area contributed by atoms with E-state index in [-0.39, 0.29) is 5.91 Å². The normalized spacial score (nSPS) is 13.3. The lowest BCUT2D eigenvalue weighted by atomic mass is 10.1. The third-order valence-electron chi connectivity index (χ3n) is 5.73. The molecule has 2 N–H and O–H groups in total. The van der Waals surface area contributed by atoms with Gasteiger partial charge in [-0.1, -0.05) is 17.7 Å². The molecule has 2 aromatic carbocycles. The summed E-state index contributed by atoms with van der Waals surface area (Å²) in [4.78, 5) is 29.3. The number of carbonyl (C=O) groups is 2. The molecule has 0 atom stereocenters. The van der Waals surface area contributed by atoms with Gasteiger partial charge in [0.15, 0.2) is 22.5 Å². The number of halogens is 5. The summed E-state index contributed by atoms with van der Waals surface area (Å²) in [6.45, 7) is 2.15. The zero-order chi connectivity index (χ0) is 27.6. The molecular formula is C24H19ClF4N4O3S2. The Hall–Kier alpha value is -3.42. The minimum atomic E-state index is -1.93. The lowest BCUT2D eigenvalue weighted by Gasteiger charge is -2.36. The van der Waals surface area contributed by atoms with E-state index < -0.39 is 45.6 Å². The highest BCUT2D eigenvalue weighted by Gasteiger charge is 2.30. The number of rotatable bonds is 5. The van der Waals surface area contributed by atoms with Crippen LogP contribution in [0.1, 0.15) is 20.0 Å².